The first-order valence-electron chi connectivity index (χ1n) is 7.81. The number of rotatable bonds is 4. The number of aromatic amines is 1. The van der Waals surface area contributed by atoms with Gasteiger partial charge in [0, 0.05) is 49.1 Å². The maximum Gasteiger partial charge on any atom is 0.255 e. The van der Waals surface area contributed by atoms with Crippen LogP contribution in [-0.2, 0) is 6.42 Å². The Morgan fingerprint density at radius 2 is 2.08 bits per heavy atom. The average molecular weight is 359 g/mol. The highest BCUT2D eigenvalue weighted by molar-refractivity contribution is 6.31. The first kappa shape index (κ1) is 17.3. The zero-order chi connectivity index (χ0) is 18.1. The van der Waals surface area contributed by atoms with Gasteiger partial charge in [0.15, 0.2) is 0 Å². The second-order valence-electron chi connectivity index (χ2n) is 6.01. The van der Waals surface area contributed by atoms with Crippen LogP contribution in [0, 0.1) is 0 Å². The van der Waals surface area contributed by atoms with E-state index in [0.29, 0.717) is 28.5 Å². The summed E-state index contributed by atoms with van der Waals surface area (Å²) in [7, 11) is 3.37. The number of nitrogens with one attached hydrogen (secondary N) is 1. The highest BCUT2D eigenvalue weighted by Crippen LogP contribution is 2.30. The van der Waals surface area contributed by atoms with Gasteiger partial charge >= 0.3 is 0 Å². The van der Waals surface area contributed by atoms with Crippen LogP contribution in [0.25, 0.3) is 22.2 Å². The molecule has 0 unspecified atom stereocenters. The van der Waals surface area contributed by atoms with Gasteiger partial charge in [-0.25, -0.2) is 4.98 Å². The highest BCUT2D eigenvalue weighted by Gasteiger charge is 2.15. The molecule has 25 heavy (non-hydrogen) atoms. The minimum absolute atomic E-state index is 0.000254. The third-order valence-electron chi connectivity index (χ3n) is 4.09. The number of hydrogen-bond donors (Lipinski definition) is 3. The Labute approximate surface area is 150 Å². The lowest BCUT2D eigenvalue weighted by Gasteiger charge is -2.13. The smallest absolute Gasteiger partial charge is 0.255 e. The number of hydrogen-bond acceptors (Lipinski definition) is 4. The molecule has 1 amide bonds. The Kier molecular flexibility index (Phi) is 4.65. The number of aliphatic hydroxyl groups is 1. The second-order valence-corrected chi connectivity index (χ2v) is 6.39. The molecule has 3 rings (SSSR count). The van der Waals surface area contributed by atoms with E-state index in [2.05, 4.69) is 9.97 Å². The number of amides is 1. The minimum Gasteiger partial charge on any atom is -0.398 e. The lowest BCUT2D eigenvalue weighted by atomic mass is 10.0. The van der Waals surface area contributed by atoms with Crippen molar-refractivity contribution in [3.05, 3.63) is 46.7 Å². The van der Waals surface area contributed by atoms with Crippen LogP contribution >= 0.6 is 11.6 Å². The summed E-state index contributed by atoms with van der Waals surface area (Å²) < 4.78 is 0. The van der Waals surface area contributed by atoms with Crippen LogP contribution in [0.3, 0.4) is 0 Å². The Balaban J connectivity index is 2.12. The van der Waals surface area contributed by atoms with Gasteiger partial charge in [-0.3, -0.25) is 4.79 Å². The highest BCUT2D eigenvalue weighted by atomic mass is 35.5. The second kappa shape index (κ2) is 6.74. The summed E-state index contributed by atoms with van der Waals surface area (Å²) in [5, 5.41) is 10.6. The molecule has 1 aromatic carbocycles. The number of anilines is 1. The third kappa shape index (κ3) is 3.18. The van der Waals surface area contributed by atoms with Crippen LogP contribution in [0.1, 0.15) is 15.9 Å². The van der Waals surface area contributed by atoms with Crippen LogP contribution in [-0.4, -0.2) is 46.6 Å². The predicted octanol–water partition coefficient (Wildman–Crippen LogP) is 2.70. The van der Waals surface area contributed by atoms with Crippen molar-refractivity contribution >= 4 is 34.2 Å². The summed E-state index contributed by atoms with van der Waals surface area (Å²) in [4.78, 5) is 21.2. The minimum atomic E-state index is -0.154. The van der Waals surface area contributed by atoms with Gasteiger partial charge in [-0.1, -0.05) is 17.7 Å². The van der Waals surface area contributed by atoms with E-state index >= 15 is 0 Å². The molecule has 0 aliphatic carbocycles. The molecule has 7 heteroatoms. The topological polar surface area (TPSA) is 95.2 Å². The molecule has 2 heterocycles. The molecule has 0 aliphatic rings. The fraction of sp³-hybridized carbons (Fsp3) is 0.222. The standard InChI is InChI=1S/C18H19ClN4O2/c1-23(2)18(25)14-7-10(3-4-15(14)20)11-8-13-12(5-6-24)16(19)22-17(13)21-9-11/h3-4,7-9,24H,5-6,20H2,1-2H3,(H,21,22). The largest absolute Gasteiger partial charge is 0.398 e. The predicted molar refractivity (Wildman–Crippen MR) is 99.8 cm³/mol. The normalized spacial score (nSPS) is 11.0. The number of benzene rings is 1. The van der Waals surface area contributed by atoms with Crippen LogP contribution in [0.4, 0.5) is 5.69 Å². The monoisotopic (exact) mass is 358 g/mol. The average Bonchev–Trinajstić information content (AvgIpc) is 2.90. The van der Waals surface area contributed by atoms with E-state index in [9.17, 15) is 9.90 Å². The van der Waals surface area contributed by atoms with Crippen LogP contribution in [0.5, 0.6) is 0 Å². The summed E-state index contributed by atoms with van der Waals surface area (Å²) >= 11 is 6.19. The fourth-order valence-electron chi connectivity index (χ4n) is 2.77. The van der Waals surface area contributed by atoms with E-state index < -0.39 is 0 Å². The van der Waals surface area contributed by atoms with Crippen LogP contribution in [0.15, 0.2) is 30.5 Å². The number of H-pyrrole nitrogens is 1. The molecule has 0 saturated heterocycles. The van der Waals surface area contributed by atoms with E-state index in [1.54, 1.807) is 32.4 Å². The van der Waals surface area contributed by atoms with Gasteiger partial charge < -0.3 is 20.7 Å². The first-order valence-corrected chi connectivity index (χ1v) is 8.18. The molecule has 0 spiro atoms. The SMILES string of the molecule is CN(C)C(=O)c1cc(-c2cnc3[nH]c(Cl)c(CCO)c3c2)ccc1N. The Hall–Kier alpha value is -2.57. The number of halogens is 1. The number of aliphatic hydroxyl groups excluding tert-OH is 1. The number of nitrogen functional groups attached to an aromatic ring is 1. The van der Waals surface area contributed by atoms with Crippen molar-refractivity contribution in [3.63, 3.8) is 0 Å². The summed E-state index contributed by atoms with van der Waals surface area (Å²) in [6.45, 7) is 0.000254. The molecule has 0 fully saturated rings. The van der Waals surface area contributed by atoms with Crippen molar-refractivity contribution in [2.24, 2.45) is 0 Å². The van der Waals surface area contributed by atoms with E-state index in [-0.39, 0.29) is 12.5 Å². The molecule has 0 saturated carbocycles. The van der Waals surface area contributed by atoms with Crippen molar-refractivity contribution in [1.29, 1.82) is 0 Å². The number of fused-ring (bicyclic) bond motifs is 1. The molecule has 130 valence electrons. The third-order valence-corrected chi connectivity index (χ3v) is 4.41. The molecular weight excluding hydrogens is 340 g/mol. The zero-order valence-electron chi connectivity index (χ0n) is 14.0. The van der Waals surface area contributed by atoms with Gasteiger partial charge in [0.25, 0.3) is 5.91 Å². The first-order chi connectivity index (χ1) is 11.9. The number of nitrogens with zero attached hydrogens (tertiary/aromatic N) is 2. The van der Waals surface area contributed by atoms with Gasteiger partial charge in [-0.15, -0.1) is 0 Å². The zero-order valence-corrected chi connectivity index (χ0v) is 14.8. The molecule has 2 aromatic heterocycles. The number of carbonyl (C=O) groups is 1. The lowest BCUT2D eigenvalue weighted by Crippen LogP contribution is -2.22. The van der Waals surface area contributed by atoms with E-state index in [4.69, 9.17) is 17.3 Å². The Morgan fingerprint density at radius 1 is 1.32 bits per heavy atom. The lowest BCUT2D eigenvalue weighted by molar-refractivity contribution is 0.0828. The van der Waals surface area contributed by atoms with Gasteiger partial charge in [0.1, 0.15) is 10.8 Å². The molecule has 0 atom stereocenters. The molecular formula is C18H19ClN4O2. The van der Waals surface area contributed by atoms with Crippen molar-refractivity contribution in [2.75, 3.05) is 26.4 Å². The quantitative estimate of drug-likeness (QED) is 0.625. The number of nitrogens with two attached hydrogens (primary N) is 1. The van der Waals surface area contributed by atoms with Crippen molar-refractivity contribution in [2.45, 2.75) is 6.42 Å². The van der Waals surface area contributed by atoms with Crippen LogP contribution < -0.4 is 5.73 Å². The van der Waals surface area contributed by atoms with Gasteiger partial charge in [-0.2, -0.15) is 0 Å². The van der Waals surface area contributed by atoms with Crippen molar-refractivity contribution in [1.82, 2.24) is 14.9 Å². The molecule has 0 radical (unpaired) electrons. The van der Waals surface area contributed by atoms with E-state index in [1.165, 1.54) is 4.90 Å². The number of aromatic nitrogens is 2. The van der Waals surface area contributed by atoms with E-state index in [1.807, 2.05) is 12.1 Å². The van der Waals surface area contributed by atoms with Gasteiger partial charge in [0.2, 0.25) is 0 Å². The number of carbonyl (C=O) groups excluding carboxylic acids is 1. The fourth-order valence-corrected chi connectivity index (χ4v) is 3.05. The van der Waals surface area contributed by atoms with Crippen LogP contribution in [0.2, 0.25) is 5.15 Å². The van der Waals surface area contributed by atoms with Gasteiger partial charge in [0.05, 0.1) is 5.56 Å². The summed E-state index contributed by atoms with van der Waals surface area (Å²) in [6, 6.07) is 7.28. The maximum absolute atomic E-state index is 12.3. The molecule has 3 aromatic rings. The Morgan fingerprint density at radius 3 is 2.76 bits per heavy atom. The summed E-state index contributed by atoms with van der Waals surface area (Å²) in [6.07, 6.45) is 2.16. The summed E-state index contributed by atoms with van der Waals surface area (Å²) in [5.74, 6) is -0.154. The molecule has 0 aliphatic heterocycles. The summed E-state index contributed by atoms with van der Waals surface area (Å²) in [5.41, 5.74) is 10.0. The number of pyridine rings is 1. The Bertz CT molecular complexity index is 950. The molecule has 6 nitrogen and oxygen atoms in total. The molecule has 0 bridgehead atoms. The maximum atomic E-state index is 12.3. The van der Waals surface area contributed by atoms with Gasteiger partial charge in [-0.05, 0) is 30.2 Å². The molecule has 4 N–H and O–H groups in total. The van der Waals surface area contributed by atoms with Crippen molar-refractivity contribution < 1.29 is 9.90 Å². The van der Waals surface area contributed by atoms with E-state index in [0.717, 1.165) is 22.1 Å². The van der Waals surface area contributed by atoms with Crippen molar-refractivity contribution in [3.8, 4) is 11.1 Å².